The molecule has 0 radical (unpaired) electrons. The minimum absolute atomic E-state index is 0.236. The first-order valence-corrected chi connectivity index (χ1v) is 10.6. The summed E-state index contributed by atoms with van der Waals surface area (Å²) in [5.41, 5.74) is 13.5. The van der Waals surface area contributed by atoms with Gasteiger partial charge in [-0.15, -0.1) is 0 Å². The van der Waals surface area contributed by atoms with Crippen molar-refractivity contribution in [3.05, 3.63) is 42.1 Å². The van der Waals surface area contributed by atoms with Crippen molar-refractivity contribution in [2.24, 2.45) is 0 Å². The quantitative estimate of drug-likeness (QED) is 0.601. The molecule has 87 valence electrons. The average molecular weight is 498 g/mol. The predicted molar refractivity (Wildman–Crippen MR) is 68.5 cm³/mol. The molecule has 0 aromatic carbocycles. The number of nitrogens with zero attached hydrogens (tertiary/aromatic N) is 1. The molecule has 0 spiro atoms. The summed E-state index contributed by atoms with van der Waals surface area (Å²) in [5.74, 6) is 0. The van der Waals surface area contributed by atoms with Crippen LogP contribution in [0, 0.1) is 0 Å². The monoisotopic (exact) mass is 498 g/mol. The number of halogens is 1. The third kappa shape index (κ3) is 6.24. The Morgan fingerprint density at radius 1 is 1.27 bits per heavy atom. The van der Waals surface area contributed by atoms with Crippen LogP contribution >= 0.6 is 19.4 Å². The second-order valence-corrected chi connectivity index (χ2v) is 2.42. The zero-order valence-electron chi connectivity index (χ0n) is 7.94. The molecule has 2 aromatic heterocycles. The standard InChI is InChI=1S/C7H6N2.C2H6N2.HI.Pt/c1-2-6-3-5-9-7(6)8-4-1;3-1-2-4;;/h1-5H,(H,8,9);3-4H,1-2H2;1H;/q;-2;;+1/p-1. The van der Waals surface area contributed by atoms with Gasteiger partial charge in [0, 0.05) is 17.8 Å². The van der Waals surface area contributed by atoms with Crippen molar-refractivity contribution in [3.63, 3.8) is 0 Å². The number of nitrogens with one attached hydrogen (secondary N) is 3. The van der Waals surface area contributed by atoms with E-state index in [4.69, 9.17) is 11.5 Å². The summed E-state index contributed by atoms with van der Waals surface area (Å²) >= 11 is 4.23. The second kappa shape index (κ2) is 10.5. The third-order valence-corrected chi connectivity index (χ3v) is 1.45. The molecule has 2 rings (SSSR count). The Morgan fingerprint density at radius 3 is 2.47 bits per heavy atom. The zero-order chi connectivity index (χ0) is 11.5. The van der Waals surface area contributed by atoms with E-state index in [0.29, 0.717) is 0 Å². The van der Waals surface area contributed by atoms with E-state index in [0.717, 1.165) is 11.0 Å². The Balaban J connectivity index is 0.000000282. The maximum absolute atomic E-state index is 6.26. The number of pyridine rings is 1. The molecule has 0 bridgehead atoms. The van der Waals surface area contributed by atoms with Gasteiger partial charge in [-0.2, -0.15) is 13.1 Å². The minimum Gasteiger partial charge on any atom is -0.679 e. The van der Waals surface area contributed by atoms with Crippen LogP contribution in [0.15, 0.2) is 30.6 Å². The summed E-state index contributed by atoms with van der Waals surface area (Å²) in [6, 6.07) is 5.96. The molecular formula is C9H12IN4Pt-2. The maximum Gasteiger partial charge on any atom is 0.137 e. The largest absolute Gasteiger partial charge is 0.679 e. The minimum atomic E-state index is 0.236. The van der Waals surface area contributed by atoms with Crippen LogP contribution < -0.4 is 0 Å². The number of hydrogen-bond acceptors (Lipinski definition) is 1. The molecule has 6 heteroatoms. The van der Waals surface area contributed by atoms with Gasteiger partial charge in [-0.25, -0.2) is 4.98 Å². The fraction of sp³-hybridized carbons (Fsp3) is 0.222. The number of H-pyrrole nitrogens is 1. The van der Waals surface area contributed by atoms with E-state index in [1.54, 1.807) is 6.20 Å². The molecule has 0 aliphatic heterocycles. The van der Waals surface area contributed by atoms with Crippen molar-refractivity contribution in [3.8, 4) is 0 Å². The van der Waals surface area contributed by atoms with Crippen molar-refractivity contribution in [1.29, 1.82) is 0 Å². The van der Waals surface area contributed by atoms with Crippen LogP contribution in [0.25, 0.3) is 22.5 Å². The normalized spacial score (nSPS) is 8.60. The first kappa shape index (κ1) is 15.0. The van der Waals surface area contributed by atoms with Gasteiger partial charge in [-0.05, 0) is 18.2 Å². The van der Waals surface area contributed by atoms with Crippen molar-refractivity contribution < 1.29 is 16.1 Å². The first-order valence-electron chi connectivity index (χ1n) is 4.17. The summed E-state index contributed by atoms with van der Waals surface area (Å²) in [4.78, 5) is 7.09. The van der Waals surface area contributed by atoms with Crippen LogP contribution in [0.4, 0.5) is 0 Å². The maximum atomic E-state index is 6.26. The van der Waals surface area contributed by atoms with Crippen molar-refractivity contribution in [1.82, 2.24) is 9.97 Å². The molecule has 2 aromatic rings. The van der Waals surface area contributed by atoms with Crippen molar-refractivity contribution >= 4 is 30.4 Å². The smallest absolute Gasteiger partial charge is 0.137 e. The zero-order valence-corrected chi connectivity index (χ0v) is 12.4. The number of aromatic nitrogens is 2. The molecule has 0 aliphatic carbocycles. The van der Waals surface area contributed by atoms with Crippen LogP contribution in [-0.2, 0) is 16.1 Å². The Labute approximate surface area is 111 Å². The fourth-order valence-electron chi connectivity index (χ4n) is 0.883. The summed E-state index contributed by atoms with van der Waals surface area (Å²) in [6.07, 6.45) is 3.66. The number of aromatic amines is 1. The van der Waals surface area contributed by atoms with E-state index in [1.807, 2.05) is 24.4 Å². The second-order valence-electron chi connectivity index (χ2n) is 2.42. The summed E-state index contributed by atoms with van der Waals surface area (Å²) < 4.78 is 0. The van der Waals surface area contributed by atoms with Gasteiger partial charge >= 0.3 is 35.5 Å². The van der Waals surface area contributed by atoms with Crippen LogP contribution in [0.5, 0.6) is 0 Å². The molecule has 2 heterocycles. The van der Waals surface area contributed by atoms with E-state index in [1.165, 1.54) is 0 Å². The SMILES string of the molecule is [I][Pt].[NH-]CC[NH-].c1cnc2[nH]ccc2c1. The number of fused-ring (bicyclic) bond motifs is 1. The summed E-state index contributed by atoms with van der Waals surface area (Å²) in [5, 5.41) is 1.16. The van der Waals surface area contributed by atoms with Crippen molar-refractivity contribution in [2.45, 2.75) is 0 Å². The molecule has 0 atom stereocenters. The average Bonchev–Trinajstić information content (AvgIpc) is 2.80. The topological polar surface area (TPSA) is 76.3 Å². The molecule has 0 saturated heterocycles. The van der Waals surface area contributed by atoms with Crippen LogP contribution in [-0.4, -0.2) is 23.1 Å². The van der Waals surface area contributed by atoms with Gasteiger partial charge in [0.1, 0.15) is 5.65 Å². The summed E-state index contributed by atoms with van der Waals surface area (Å²) in [7, 11) is 0. The van der Waals surface area contributed by atoms with Gasteiger partial charge in [0.05, 0.1) is 0 Å². The Bertz CT molecular complexity index is 320. The van der Waals surface area contributed by atoms with Gasteiger partial charge in [-0.1, -0.05) is 0 Å². The third-order valence-electron chi connectivity index (χ3n) is 1.45. The van der Waals surface area contributed by atoms with Gasteiger partial charge in [0.2, 0.25) is 0 Å². The molecule has 0 amide bonds. The van der Waals surface area contributed by atoms with Gasteiger partial charge in [0.15, 0.2) is 0 Å². The van der Waals surface area contributed by atoms with E-state index in [9.17, 15) is 0 Å². The van der Waals surface area contributed by atoms with Gasteiger partial charge in [0.25, 0.3) is 0 Å². The Hall–Kier alpha value is 0.0283. The van der Waals surface area contributed by atoms with E-state index >= 15 is 0 Å². The molecule has 0 saturated carbocycles. The number of hydrogen-bond donors (Lipinski definition) is 1. The van der Waals surface area contributed by atoms with Crippen LogP contribution in [0.3, 0.4) is 0 Å². The predicted octanol–water partition coefficient (Wildman–Crippen LogP) is 3.54. The molecule has 0 aliphatic rings. The molecule has 15 heavy (non-hydrogen) atoms. The summed E-state index contributed by atoms with van der Waals surface area (Å²) in [6.45, 7) is 0.472. The fourth-order valence-corrected chi connectivity index (χ4v) is 0.883. The van der Waals surface area contributed by atoms with Crippen LogP contribution in [0.1, 0.15) is 0 Å². The van der Waals surface area contributed by atoms with Crippen LogP contribution in [0.2, 0.25) is 0 Å². The number of rotatable bonds is 1. The van der Waals surface area contributed by atoms with E-state index in [-0.39, 0.29) is 13.1 Å². The molecule has 3 N–H and O–H groups in total. The van der Waals surface area contributed by atoms with Gasteiger partial charge < -0.3 is 16.5 Å². The van der Waals surface area contributed by atoms with Crippen molar-refractivity contribution in [2.75, 3.05) is 13.1 Å². The first-order chi connectivity index (χ1) is 7.38. The molecular weight excluding hydrogens is 486 g/mol. The Kier molecular flexibility index (Phi) is 10.6. The van der Waals surface area contributed by atoms with E-state index in [2.05, 4.69) is 45.5 Å². The molecule has 0 fully saturated rings. The van der Waals surface area contributed by atoms with E-state index < -0.39 is 0 Å². The molecule has 4 nitrogen and oxygen atoms in total. The molecule has 0 unspecified atom stereocenters. The Morgan fingerprint density at radius 2 is 1.93 bits per heavy atom. The van der Waals surface area contributed by atoms with Gasteiger partial charge in [-0.3, -0.25) is 0 Å².